The van der Waals surface area contributed by atoms with Crippen molar-refractivity contribution in [2.45, 2.75) is 45.6 Å². The molecular formula is C37H39N3O5. The van der Waals surface area contributed by atoms with E-state index in [4.69, 9.17) is 19.2 Å². The van der Waals surface area contributed by atoms with E-state index >= 15 is 0 Å². The average molecular weight is 606 g/mol. The predicted octanol–water partition coefficient (Wildman–Crippen LogP) is 6.42. The van der Waals surface area contributed by atoms with Crippen molar-refractivity contribution in [1.82, 2.24) is 14.5 Å². The van der Waals surface area contributed by atoms with E-state index in [9.17, 15) is 10.2 Å². The molecule has 1 aromatic heterocycles. The lowest BCUT2D eigenvalue weighted by Gasteiger charge is -2.25. The van der Waals surface area contributed by atoms with Crippen molar-refractivity contribution in [3.05, 3.63) is 119 Å². The second-order valence-corrected chi connectivity index (χ2v) is 11.2. The van der Waals surface area contributed by atoms with E-state index in [0.29, 0.717) is 32.6 Å². The van der Waals surface area contributed by atoms with Crippen LogP contribution in [0.1, 0.15) is 35.2 Å². The summed E-state index contributed by atoms with van der Waals surface area (Å²) in [6, 6.07) is 32.6. The van der Waals surface area contributed by atoms with Gasteiger partial charge in [-0.2, -0.15) is 0 Å². The predicted molar refractivity (Wildman–Crippen MR) is 174 cm³/mol. The molecule has 0 spiro atoms. The van der Waals surface area contributed by atoms with Crippen LogP contribution in [0.3, 0.4) is 0 Å². The standard InChI is InChI=1S/C37H39N3O5/c1-43-32-11-7-10-31(21-32)37-38-36(30-8-3-2-4-9-30)33(40(37)18-5-6-19-41)24-39(22-27-12-14-28(25-42)15-13-27)23-29-16-17-34-35(20-29)45-26-44-34/h2-4,7-17,20-21,41-42H,5-6,18-19,22-26H2,1H3. The molecule has 0 bridgehead atoms. The van der Waals surface area contributed by atoms with Crippen molar-refractivity contribution < 1.29 is 24.4 Å². The first-order valence-corrected chi connectivity index (χ1v) is 15.3. The Morgan fingerprint density at radius 3 is 2.27 bits per heavy atom. The largest absolute Gasteiger partial charge is 0.497 e. The lowest BCUT2D eigenvalue weighted by Crippen LogP contribution is -2.24. The number of aliphatic hydroxyl groups excluding tert-OH is 2. The second-order valence-electron chi connectivity index (χ2n) is 11.2. The Labute approximate surface area is 264 Å². The van der Waals surface area contributed by atoms with Gasteiger partial charge < -0.3 is 29.0 Å². The molecule has 6 rings (SSSR count). The van der Waals surface area contributed by atoms with Crippen LogP contribution < -0.4 is 14.2 Å². The molecule has 2 N–H and O–H groups in total. The Hall–Kier alpha value is -4.63. The number of imidazole rings is 1. The van der Waals surface area contributed by atoms with Crippen LogP contribution in [0.4, 0.5) is 0 Å². The van der Waals surface area contributed by atoms with Crippen molar-refractivity contribution in [3.8, 4) is 39.9 Å². The van der Waals surface area contributed by atoms with Gasteiger partial charge in [-0.25, -0.2) is 4.98 Å². The fraction of sp³-hybridized carbons (Fsp3) is 0.270. The summed E-state index contributed by atoms with van der Waals surface area (Å²) >= 11 is 0. The quantitative estimate of drug-likeness (QED) is 0.141. The van der Waals surface area contributed by atoms with Crippen molar-refractivity contribution in [2.75, 3.05) is 20.5 Å². The molecule has 45 heavy (non-hydrogen) atoms. The number of nitrogens with zero attached hydrogens (tertiary/aromatic N) is 3. The molecule has 0 aliphatic carbocycles. The normalized spacial score (nSPS) is 12.2. The third kappa shape index (κ3) is 7.20. The highest BCUT2D eigenvalue weighted by molar-refractivity contribution is 5.69. The first-order chi connectivity index (χ1) is 22.1. The minimum atomic E-state index is 0.0156. The molecule has 232 valence electrons. The molecule has 8 heteroatoms. The minimum Gasteiger partial charge on any atom is -0.497 e. The Balaban J connectivity index is 1.44. The first-order valence-electron chi connectivity index (χ1n) is 15.3. The van der Waals surface area contributed by atoms with Gasteiger partial charge in [0.2, 0.25) is 6.79 Å². The first kappa shape index (κ1) is 30.4. The number of aliphatic hydroxyl groups is 2. The van der Waals surface area contributed by atoms with Gasteiger partial charge in [0.15, 0.2) is 11.5 Å². The molecule has 0 atom stereocenters. The lowest BCUT2D eigenvalue weighted by atomic mass is 10.1. The zero-order valence-corrected chi connectivity index (χ0v) is 25.6. The Kier molecular flexibility index (Phi) is 9.75. The number of rotatable bonds is 14. The molecule has 2 heterocycles. The number of methoxy groups -OCH3 is 1. The number of unbranched alkanes of at least 4 members (excludes halogenated alkanes) is 1. The summed E-state index contributed by atoms with van der Waals surface area (Å²) in [5, 5.41) is 19.2. The summed E-state index contributed by atoms with van der Waals surface area (Å²) in [6.45, 7) is 3.08. The van der Waals surface area contributed by atoms with Crippen molar-refractivity contribution in [1.29, 1.82) is 0 Å². The fourth-order valence-corrected chi connectivity index (χ4v) is 5.76. The van der Waals surface area contributed by atoms with E-state index in [-0.39, 0.29) is 20.0 Å². The summed E-state index contributed by atoms with van der Waals surface area (Å²) < 4.78 is 19.1. The van der Waals surface area contributed by atoms with Crippen molar-refractivity contribution in [2.24, 2.45) is 0 Å². The second kappa shape index (κ2) is 14.4. The molecule has 0 amide bonds. The number of aromatic nitrogens is 2. The van der Waals surface area contributed by atoms with Gasteiger partial charge in [-0.1, -0.05) is 72.8 Å². The average Bonchev–Trinajstić information content (AvgIpc) is 3.70. The maximum Gasteiger partial charge on any atom is 0.231 e. The van der Waals surface area contributed by atoms with E-state index in [1.807, 2.05) is 54.6 Å². The summed E-state index contributed by atoms with van der Waals surface area (Å²) in [4.78, 5) is 7.71. The van der Waals surface area contributed by atoms with Crippen LogP contribution in [0.5, 0.6) is 17.2 Å². The van der Waals surface area contributed by atoms with Crippen LogP contribution in [0.25, 0.3) is 22.6 Å². The van der Waals surface area contributed by atoms with Crippen LogP contribution in [0, 0.1) is 0 Å². The molecule has 0 saturated heterocycles. The monoisotopic (exact) mass is 605 g/mol. The molecule has 1 aliphatic heterocycles. The lowest BCUT2D eigenvalue weighted by molar-refractivity contribution is 0.174. The van der Waals surface area contributed by atoms with Gasteiger partial charge in [0.1, 0.15) is 11.6 Å². The zero-order chi connectivity index (χ0) is 31.0. The van der Waals surface area contributed by atoms with Gasteiger partial charge in [0.25, 0.3) is 0 Å². The van der Waals surface area contributed by atoms with E-state index in [2.05, 4.69) is 51.9 Å². The molecular weight excluding hydrogens is 566 g/mol. The summed E-state index contributed by atoms with van der Waals surface area (Å²) in [6.07, 6.45) is 1.52. The van der Waals surface area contributed by atoms with Crippen LogP contribution in [-0.2, 0) is 32.8 Å². The molecule has 0 fully saturated rings. The summed E-state index contributed by atoms with van der Waals surface area (Å²) in [5.74, 6) is 3.17. The Bertz CT molecular complexity index is 1700. The number of hydrogen-bond donors (Lipinski definition) is 2. The van der Waals surface area contributed by atoms with Crippen LogP contribution in [-0.4, -0.2) is 45.2 Å². The summed E-state index contributed by atoms with van der Waals surface area (Å²) in [7, 11) is 1.68. The SMILES string of the molecule is COc1cccc(-c2nc(-c3ccccc3)c(CN(Cc3ccc(CO)cc3)Cc3ccc4c(c3)OCO4)n2CCCCO)c1. The topological polar surface area (TPSA) is 89.2 Å². The Morgan fingerprint density at radius 2 is 1.49 bits per heavy atom. The molecule has 8 nitrogen and oxygen atoms in total. The number of fused-ring (bicyclic) bond motifs is 1. The van der Waals surface area contributed by atoms with E-state index in [1.165, 1.54) is 0 Å². The smallest absolute Gasteiger partial charge is 0.231 e. The van der Waals surface area contributed by atoms with Crippen LogP contribution in [0.2, 0.25) is 0 Å². The van der Waals surface area contributed by atoms with Gasteiger partial charge in [0, 0.05) is 43.9 Å². The van der Waals surface area contributed by atoms with Crippen molar-refractivity contribution in [3.63, 3.8) is 0 Å². The van der Waals surface area contributed by atoms with Crippen LogP contribution in [0.15, 0.2) is 97.1 Å². The van der Waals surface area contributed by atoms with Crippen molar-refractivity contribution >= 4 is 0 Å². The van der Waals surface area contributed by atoms with E-state index in [1.54, 1.807) is 7.11 Å². The molecule has 1 aliphatic rings. The highest BCUT2D eigenvalue weighted by Crippen LogP contribution is 2.35. The Morgan fingerprint density at radius 1 is 0.756 bits per heavy atom. The zero-order valence-electron chi connectivity index (χ0n) is 25.6. The maximum absolute atomic E-state index is 9.64. The van der Waals surface area contributed by atoms with Crippen LogP contribution >= 0.6 is 0 Å². The number of ether oxygens (including phenoxy) is 3. The van der Waals surface area contributed by atoms with Gasteiger partial charge in [-0.05, 0) is 53.8 Å². The minimum absolute atomic E-state index is 0.0156. The molecule has 4 aromatic carbocycles. The molecule has 0 radical (unpaired) electrons. The maximum atomic E-state index is 9.64. The highest BCUT2D eigenvalue weighted by atomic mass is 16.7. The molecule has 0 saturated carbocycles. The van der Waals surface area contributed by atoms with Gasteiger partial charge in [-0.3, -0.25) is 4.90 Å². The van der Waals surface area contributed by atoms with Gasteiger partial charge >= 0.3 is 0 Å². The molecule has 5 aromatic rings. The summed E-state index contributed by atoms with van der Waals surface area (Å²) in [5.41, 5.74) is 7.21. The fourth-order valence-electron chi connectivity index (χ4n) is 5.76. The highest BCUT2D eigenvalue weighted by Gasteiger charge is 2.23. The third-order valence-electron chi connectivity index (χ3n) is 8.07. The van der Waals surface area contributed by atoms with Gasteiger partial charge in [-0.15, -0.1) is 0 Å². The molecule has 0 unspecified atom stereocenters. The third-order valence-corrected chi connectivity index (χ3v) is 8.07. The van der Waals surface area contributed by atoms with Gasteiger partial charge in [0.05, 0.1) is 25.1 Å². The number of hydrogen-bond acceptors (Lipinski definition) is 7. The van der Waals surface area contributed by atoms with E-state index in [0.717, 1.165) is 68.7 Å². The number of benzene rings is 4. The van der Waals surface area contributed by atoms with E-state index < -0.39 is 0 Å².